The van der Waals surface area contributed by atoms with Crippen LogP contribution >= 0.6 is 0 Å². The zero-order valence-corrected chi connectivity index (χ0v) is 37.2. The van der Waals surface area contributed by atoms with Crippen LogP contribution in [-0.2, 0) is 18.9 Å². The third-order valence-corrected chi connectivity index (χ3v) is 12.2. The second kappa shape index (κ2) is 23.0. The van der Waals surface area contributed by atoms with Gasteiger partial charge < -0.3 is 28.7 Å². The molecule has 328 valence electrons. The average Bonchev–Trinajstić information content (AvgIpc) is 4.17. The Morgan fingerprint density at radius 2 is 0.742 bits per heavy atom. The van der Waals surface area contributed by atoms with Gasteiger partial charge in [-0.2, -0.15) is 0 Å². The maximum absolute atomic E-state index is 5.90. The molecule has 62 heavy (non-hydrogen) atoms. The Morgan fingerprint density at radius 3 is 1.06 bits per heavy atom. The summed E-state index contributed by atoms with van der Waals surface area (Å²) in [5, 5.41) is 0. The molecule has 8 rings (SSSR count). The van der Waals surface area contributed by atoms with E-state index in [4.69, 9.17) is 38.9 Å². The number of para-hydroxylation sites is 2. The van der Waals surface area contributed by atoms with E-state index in [-0.39, 0.29) is 24.2 Å². The number of ether oxygens (including phenoxy) is 4. The van der Waals surface area contributed by atoms with Crippen molar-refractivity contribution in [3.8, 4) is 0 Å². The largest absolute Gasteiger partial charge is 0.478 e. The van der Waals surface area contributed by atoms with Crippen molar-refractivity contribution in [2.45, 2.75) is 102 Å². The minimum Gasteiger partial charge on any atom is -0.478 e. The normalized spacial score (nSPS) is 21.1. The Bertz CT molecular complexity index is 1770. The van der Waals surface area contributed by atoms with Gasteiger partial charge in [0.2, 0.25) is 0 Å². The fourth-order valence-electron chi connectivity index (χ4n) is 8.76. The van der Waals surface area contributed by atoms with Crippen LogP contribution in [0.5, 0.6) is 0 Å². The zero-order chi connectivity index (χ0) is 42.9. The lowest BCUT2D eigenvalue weighted by atomic mass is 9.90. The van der Waals surface area contributed by atoms with Crippen LogP contribution in [0.2, 0.25) is 0 Å². The number of aliphatic imine (C=N–C) groups is 4. The highest BCUT2D eigenvalue weighted by Gasteiger charge is 2.29. The molecule has 0 radical (unpaired) electrons. The third-order valence-electron chi connectivity index (χ3n) is 12.2. The lowest BCUT2D eigenvalue weighted by molar-refractivity contribution is 0.288. The highest BCUT2D eigenvalue weighted by atomic mass is 16.5. The van der Waals surface area contributed by atoms with Gasteiger partial charge >= 0.3 is 0 Å². The smallest absolute Gasteiger partial charge is 0.193 e. The molecule has 10 nitrogen and oxygen atoms in total. The van der Waals surface area contributed by atoms with Gasteiger partial charge in [-0.1, -0.05) is 111 Å². The van der Waals surface area contributed by atoms with Gasteiger partial charge in [0.05, 0.1) is 24.9 Å². The number of hydrogen-bond acceptors (Lipinski definition) is 10. The van der Waals surface area contributed by atoms with Crippen LogP contribution in [0.1, 0.15) is 89.2 Å². The van der Waals surface area contributed by atoms with E-state index < -0.39 is 0 Å². The van der Waals surface area contributed by atoms with Crippen LogP contribution in [-0.4, -0.2) is 100 Å². The molecule has 0 fully saturated rings. The Morgan fingerprint density at radius 1 is 0.435 bits per heavy atom. The van der Waals surface area contributed by atoms with Crippen molar-refractivity contribution < 1.29 is 18.9 Å². The lowest BCUT2D eigenvalue weighted by Gasteiger charge is -2.24. The third kappa shape index (κ3) is 12.7. The Balaban J connectivity index is 0.000000186. The lowest BCUT2D eigenvalue weighted by Crippen LogP contribution is -2.32. The quantitative estimate of drug-likeness (QED) is 0.0880. The van der Waals surface area contributed by atoms with Crippen molar-refractivity contribution in [2.75, 3.05) is 62.4 Å². The number of benzene rings is 4. The molecule has 0 aliphatic carbocycles. The van der Waals surface area contributed by atoms with E-state index in [1.165, 1.54) is 22.5 Å². The van der Waals surface area contributed by atoms with E-state index in [1.54, 1.807) is 0 Å². The molecule has 0 aromatic heterocycles. The fraction of sp³-hybridized carbons (Fsp3) is 0.462. The molecule has 2 unspecified atom stereocenters. The van der Waals surface area contributed by atoms with E-state index in [0.29, 0.717) is 51.1 Å². The highest BCUT2D eigenvalue weighted by Crippen LogP contribution is 2.30. The summed E-state index contributed by atoms with van der Waals surface area (Å²) in [4.78, 5) is 24.0. The van der Waals surface area contributed by atoms with Crippen LogP contribution in [0.3, 0.4) is 0 Å². The van der Waals surface area contributed by atoms with Crippen LogP contribution in [0, 0.1) is 0 Å². The van der Waals surface area contributed by atoms with Crippen molar-refractivity contribution >= 4 is 35.0 Å². The molecule has 0 bridgehead atoms. The highest BCUT2D eigenvalue weighted by molar-refractivity contribution is 5.99. The van der Waals surface area contributed by atoms with E-state index in [1.807, 2.05) is 12.1 Å². The number of nitrogens with zero attached hydrogens (tertiary/aromatic N) is 6. The summed E-state index contributed by atoms with van der Waals surface area (Å²) in [6.07, 6.45) is 5.40. The SMILES string of the molecule is CCC(C[C@H]1COC(CC2=N[C@@H](CC(CC)c3ccccc3)CO2)=N1)c1ccccc1.CCN(C[C@H]1COC(CC2=N[C@@H](CN(CC)c3ccccc3)CO2)=N1)c1ccccc1. The number of hydrogen-bond donors (Lipinski definition) is 0. The van der Waals surface area contributed by atoms with Gasteiger partial charge in [0, 0.05) is 37.6 Å². The van der Waals surface area contributed by atoms with E-state index in [2.05, 4.69) is 147 Å². The van der Waals surface area contributed by atoms with Crippen molar-refractivity contribution in [3.63, 3.8) is 0 Å². The van der Waals surface area contributed by atoms with Crippen LogP contribution < -0.4 is 9.80 Å². The van der Waals surface area contributed by atoms with Gasteiger partial charge in [0.1, 0.15) is 38.5 Å². The van der Waals surface area contributed by atoms with Crippen molar-refractivity contribution in [1.82, 2.24) is 0 Å². The van der Waals surface area contributed by atoms with Gasteiger partial charge in [-0.15, -0.1) is 0 Å². The molecule has 4 aliphatic rings. The van der Waals surface area contributed by atoms with Crippen LogP contribution in [0.15, 0.2) is 141 Å². The molecule has 10 heteroatoms. The molecule has 0 spiro atoms. The molecule has 4 aromatic carbocycles. The maximum atomic E-state index is 5.90. The molecule has 4 heterocycles. The van der Waals surface area contributed by atoms with Crippen LogP contribution in [0.4, 0.5) is 11.4 Å². The predicted molar refractivity (Wildman–Crippen MR) is 255 cm³/mol. The standard InChI is InChI=1S/C27H34N2O2.C25H32N4O2/c1-3-20(22-11-7-5-8-12-22)15-24-18-30-26(28-24)17-27-29-25(19-31-27)16-21(4-2)23-13-9-6-10-14-23;1-3-28(22-11-7-5-8-12-22)16-20-18-30-24(26-20)15-25-27-21(19-31-25)17-29(4-2)23-13-9-6-10-14-23/h5-14,20-21,24-25H,3-4,15-19H2,1-2H3;5-14,20-21H,3-4,15-19H2,1-2H3/t20?,21?,24-,25-;20-,21-/m00/s1. The molecule has 4 aromatic rings. The monoisotopic (exact) mass is 839 g/mol. The average molecular weight is 839 g/mol. The summed E-state index contributed by atoms with van der Waals surface area (Å²) >= 11 is 0. The first-order valence-corrected chi connectivity index (χ1v) is 23.0. The Kier molecular flexibility index (Phi) is 16.5. The zero-order valence-electron chi connectivity index (χ0n) is 37.2. The molecule has 0 saturated heterocycles. The molecule has 4 aliphatic heterocycles. The summed E-state index contributed by atoms with van der Waals surface area (Å²) < 4.78 is 23.5. The summed E-state index contributed by atoms with van der Waals surface area (Å²) in [5.41, 5.74) is 5.23. The van der Waals surface area contributed by atoms with Gasteiger partial charge in [-0.25, -0.2) is 20.0 Å². The minimum atomic E-state index is 0.140. The van der Waals surface area contributed by atoms with E-state index in [0.717, 1.165) is 75.5 Å². The van der Waals surface area contributed by atoms with Gasteiger partial charge in [-0.05, 0) is 86.8 Å². The first kappa shape index (κ1) is 44.4. The van der Waals surface area contributed by atoms with Gasteiger partial charge in [0.25, 0.3) is 0 Å². The molecular weight excluding hydrogens is 773 g/mol. The molecule has 0 amide bonds. The number of likely N-dealkylation sites (N-methyl/N-ethyl adjacent to an activating group) is 2. The summed E-state index contributed by atoms with van der Waals surface area (Å²) in [7, 11) is 0. The van der Waals surface area contributed by atoms with Crippen molar-refractivity contribution in [2.24, 2.45) is 20.0 Å². The fourth-order valence-corrected chi connectivity index (χ4v) is 8.76. The first-order valence-electron chi connectivity index (χ1n) is 23.0. The number of anilines is 2. The van der Waals surface area contributed by atoms with Crippen LogP contribution in [0.25, 0.3) is 0 Å². The second-order valence-corrected chi connectivity index (χ2v) is 16.6. The number of rotatable bonds is 20. The van der Waals surface area contributed by atoms with Gasteiger partial charge in [0.15, 0.2) is 23.6 Å². The van der Waals surface area contributed by atoms with Crippen molar-refractivity contribution in [1.29, 1.82) is 0 Å². The Labute approximate surface area is 369 Å². The molecular formula is C52H66N6O4. The molecule has 0 saturated carbocycles. The Hall–Kier alpha value is -5.64. The second-order valence-electron chi connectivity index (χ2n) is 16.6. The van der Waals surface area contributed by atoms with Gasteiger partial charge in [-0.3, -0.25) is 0 Å². The summed E-state index contributed by atoms with van der Waals surface area (Å²) in [5.74, 6) is 4.08. The first-order chi connectivity index (χ1) is 30.5. The van der Waals surface area contributed by atoms with E-state index in [9.17, 15) is 0 Å². The summed E-state index contributed by atoms with van der Waals surface area (Å²) in [6.45, 7) is 15.0. The molecule has 0 N–H and O–H groups in total. The summed E-state index contributed by atoms with van der Waals surface area (Å²) in [6, 6.07) is 43.1. The molecule has 6 atom stereocenters. The van der Waals surface area contributed by atoms with E-state index >= 15 is 0 Å². The predicted octanol–water partition coefficient (Wildman–Crippen LogP) is 10.2. The topological polar surface area (TPSA) is 92.8 Å². The van der Waals surface area contributed by atoms with Crippen molar-refractivity contribution in [3.05, 3.63) is 132 Å². The minimum absolute atomic E-state index is 0.140. The maximum Gasteiger partial charge on any atom is 0.193 e.